The summed E-state index contributed by atoms with van der Waals surface area (Å²) in [5, 5.41) is 0.852. The van der Waals surface area contributed by atoms with Gasteiger partial charge in [0, 0.05) is 16.8 Å². The third-order valence-corrected chi connectivity index (χ3v) is 2.60. The number of hydrogen-bond acceptors (Lipinski definition) is 2. The summed E-state index contributed by atoms with van der Waals surface area (Å²) in [6.07, 6.45) is 1.53. The summed E-state index contributed by atoms with van der Waals surface area (Å²) in [6, 6.07) is 10.0. The van der Waals surface area contributed by atoms with Gasteiger partial charge in [0.25, 0.3) is 0 Å². The highest BCUT2D eigenvalue weighted by molar-refractivity contribution is 6.35. The molecule has 80 valence electrons. The Morgan fingerprint density at radius 2 is 1.94 bits per heavy atom. The molecule has 0 atom stereocenters. The second-order valence-corrected chi connectivity index (χ2v) is 4.02. The molecule has 0 saturated heterocycles. The van der Waals surface area contributed by atoms with Crippen LogP contribution in [0.3, 0.4) is 0 Å². The summed E-state index contributed by atoms with van der Waals surface area (Å²) in [5.74, 6) is -0.229. The molecule has 0 fully saturated rings. The van der Waals surface area contributed by atoms with Gasteiger partial charge >= 0.3 is 0 Å². The zero-order valence-electron chi connectivity index (χ0n) is 8.15. The Morgan fingerprint density at radius 3 is 2.62 bits per heavy atom. The van der Waals surface area contributed by atoms with Gasteiger partial charge in [-0.05, 0) is 24.3 Å². The average Bonchev–Trinajstić information content (AvgIpc) is 2.29. The molecule has 1 aromatic heterocycles. The molecule has 0 N–H and O–H groups in total. The van der Waals surface area contributed by atoms with Crippen LogP contribution in [0.15, 0.2) is 42.6 Å². The molecule has 1 aromatic carbocycles. The fourth-order valence-electron chi connectivity index (χ4n) is 1.32. The van der Waals surface area contributed by atoms with Gasteiger partial charge in [-0.3, -0.25) is 9.78 Å². The van der Waals surface area contributed by atoms with Gasteiger partial charge in [0.15, 0.2) is 0 Å². The first kappa shape index (κ1) is 11.1. The number of aromatic nitrogens is 1. The Hall–Kier alpha value is -1.38. The number of benzene rings is 1. The minimum absolute atomic E-state index is 0.229. The number of carbonyl (C=O) groups is 1. The average molecular weight is 252 g/mol. The number of pyridine rings is 1. The largest absolute Gasteiger partial charge is 0.287 e. The summed E-state index contributed by atoms with van der Waals surface area (Å²) in [7, 11) is 0. The maximum Gasteiger partial charge on any atom is 0.212 e. The maximum atomic E-state index is 12.0. The lowest BCUT2D eigenvalue weighted by Crippen LogP contribution is -2.04. The van der Waals surface area contributed by atoms with Gasteiger partial charge in [-0.1, -0.05) is 35.3 Å². The van der Waals surface area contributed by atoms with Crippen molar-refractivity contribution in [3.8, 4) is 0 Å². The van der Waals surface area contributed by atoms with Crippen molar-refractivity contribution in [1.29, 1.82) is 0 Å². The van der Waals surface area contributed by atoms with E-state index in [2.05, 4.69) is 4.98 Å². The van der Waals surface area contributed by atoms with E-state index in [4.69, 9.17) is 23.2 Å². The number of hydrogen-bond donors (Lipinski definition) is 0. The molecule has 2 aromatic rings. The Kier molecular flexibility index (Phi) is 3.22. The first-order chi connectivity index (χ1) is 7.68. The van der Waals surface area contributed by atoms with E-state index in [1.54, 1.807) is 36.4 Å². The van der Waals surface area contributed by atoms with Crippen LogP contribution in [0, 0.1) is 0 Å². The second kappa shape index (κ2) is 4.64. The van der Waals surface area contributed by atoms with Gasteiger partial charge in [-0.2, -0.15) is 0 Å². The molecular formula is C12H7Cl2NO. The van der Waals surface area contributed by atoms with Gasteiger partial charge in [-0.15, -0.1) is 0 Å². The van der Waals surface area contributed by atoms with E-state index in [1.807, 2.05) is 0 Å². The van der Waals surface area contributed by atoms with Crippen molar-refractivity contribution in [2.45, 2.75) is 0 Å². The molecule has 16 heavy (non-hydrogen) atoms. The van der Waals surface area contributed by atoms with Crippen molar-refractivity contribution in [2.24, 2.45) is 0 Å². The van der Waals surface area contributed by atoms with Crippen molar-refractivity contribution in [2.75, 3.05) is 0 Å². The minimum Gasteiger partial charge on any atom is -0.287 e. The molecule has 0 spiro atoms. The number of rotatable bonds is 2. The Labute approximate surface area is 103 Å². The molecule has 1 heterocycles. The molecule has 0 unspecified atom stereocenters. The van der Waals surface area contributed by atoms with Crippen LogP contribution in [-0.2, 0) is 0 Å². The number of halogens is 2. The summed E-state index contributed by atoms with van der Waals surface area (Å²) < 4.78 is 0. The van der Waals surface area contributed by atoms with Gasteiger partial charge < -0.3 is 0 Å². The van der Waals surface area contributed by atoms with E-state index in [9.17, 15) is 4.79 Å². The Morgan fingerprint density at radius 1 is 1.12 bits per heavy atom. The highest BCUT2D eigenvalue weighted by Gasteiger charge is 2.13. The maximum absolute atomic E-state index is 12.0. The first-order valence-electron chi connectivity index (χ1n) is 4.59. The Balaban J connectivity index is 2.44. The predicted octanol–water partition coefficient (Wildman–Crippen LogP) is 3.62. The quantitative estimate of drug-likeness (QED) is 0.764. The topological polar surface area (TPSA) is 30.0 Å². The summed E-state index contributed by atoms with van der Waals surface area (Å²) in [5.41, 5.74) is 0.722. The summed E-state index contributed by atoms with van der Waals surface area (Å²) in [6.45, 7) is 0. The van der Waals surface area contributed by atoms with Gasteiger partial charge in [0.1, 0.15) is 5.69 Å². The highest BCUT2D eigenvalue weighted by atomic mass is 35.5. The lowest BCUT2D eigenvalue weighted by Gasteiger charge is -2.02. The molecule has 2 rings (SSSR count). The minimum atomic E-state index is -0.229. The lowest BCUT2D eigenvalue weighted by molar-refractivity contribution is 0.103. The molecule has 0 aliphatic carbocycles. The van der Waals surface area contributed by atoms with E-state index < -0.39 is 0 Å². The zero-order chi connectivity index (χ0) is 11.5. The van der Waals surface area contributed by atoms with Crippen LogP contribution in [0.5, 0.6) is 0 Å². The normalized spacial score (nSPS) is 10.1. The van der Waals surface area contributed by atoms with Gasteiger partial charge in [-0.25, -0.2) is 0 Å². The molecule has 0 aliphatic heterocycles. The molecule has 0 saturated carbocycles. The smallest absolute Gasteiger partial charge is 0.212 e. The van der Waals surface area contributed by atoms with Crippen molar-refractivity contribution in [3.05, 3.63) is 63.9 Å². The third-order valence-electron chi connectivity index (χ3n) is 2.06. The third kappa shape index (κ3) is 2.23. The highest BCUT2D eigenvalue weighted by Crippen LogP contribution is 2.18. The van der Waals surface area contributed by atoms with Gasteiger partial charge in [0.2, 0.25) is 5.78 Å². The second-order valence-electron chi connectivity index (χ2n) is 3.17. The molecule has 0 bridgehead atoms. The summed E-state index contributed by atoms with van der Waals surface area (Å²) >= 11 is 11.7. The molecule has 0 radical (unpaired) electrons. The van der Waals surface area contributed by atoms with E-state index in [-0.39, 0.29) is 11.5 Å². The Bertz CT molecular complexity index is 540. The van der Waals surface area contributed by atoms with Crippen molar-refractivity contribution in [3.63, 3.8) is 0 Å². The van der Waals surface area contributed by atoms with Crippen LogP contribution in [-0.4, -0.2) is 10.8 Å². The van der Waals surface area contributed by atoms with Crippen LogP contribution in [0.2, 0.25) is 10.0 Å². The number of nitrogens with zero attached hydrogens (tertiary/aromatic N) is 1. The molecular weight excluding hydrogens is 245 g/mol. The predicted molar refractivity (Wildman–Crippen MR) is 64.1 cm³/mol. The van der Waals surface area contributed by atoms with Crippen molar-refractivity contribution < 1.29 is 4.79 Å². The van der Waals surface area contributed by atoms with E-state index in [0.717, 1.165) is 0 Å². The summed E-state index contributed by atoms with van der Waals surface area (Å²) in [4.78, 5) is 16.0. The molecule has 4 heteroatoms. The SMILES string of the molecule is O=C(c1cccc(Cl)c1)c1ncccc1Cl. The fraction of sp³-hybridized carbons (Fsp3) is 0. The number of carbonyl (C=O) groups excluding carboxylic acids is 1. The van der Waals surface area contributed by atoms with Crippen LogP contribution < -0.4 is 0 Å². The van der Waals surface area contributed by atoms with Gasteiger partial charge in [0.05, 0.1) is 5.02 Å². The van der Waals surface area contributed by atoms with Crippen molar-refractivity contribution in [1.82, 2.24) is 4.98 Å². The molecule has 0 amide bonds. The van der Waals surface area contributed by atoms with E-state index in [0.29, 0.717) is 15.6 Å². The van der Waals surface area contributed by atoms with Crippen LogP contribution >= 0.6 is 23.2 Å². The van der Waals surface area contributed by atoms with E-state index >= 15 is 0 Å². The fourth-order valence-corrected chi connectivity index (χ4v) is 1.72. The first-order valence-corrected chi connectivity index (χ1v) is 5.35. The van der Waals surface area contributed by atoms with Crippen LogP contribution in [0.1, 0.15) is 16.1 Å². The number of ketones is 1. The standard InChI is InChI=1S/C12H7Cl2NO/c13-9-4-1-3-8(7-9)12(16)11-10(14)5-2-6-15-11/h1-7H. The molecule has 2 nitrogen and oxygen atoms in total. The van der Waals surface area contributed by atoms with E-state index in [1.165, 1.54) is 6.20 Å². The lowest BCUT2D eigenvalue weighted by atomic mass is 10.1. The van der Waals surface area contributed by atoms with Crippen LogP contribution in [0.4, 0.5) is 0 Å². The molecule has 0 aliphatic rings. The van der Waals surface area contributed by atoms with Crippen LogP contribution in [0.25, 0.3) is 0 Å². The zero-order valence-corrected chi connectivity index (χ0v) is 9.66. The monoisotopic (exact) mass is 251 g/mol. The van der Waals surface area contributed by atoms with Crippen molar-refractivity contribution >= 4 is 29.0 Å².